The molecule has 0 saturated heterocycles. The fourth-order valence-electron chi connectivity index (χ4n) is 4.27. The van der Waals surface area contributed by atoms with Crippen LogP contribution in [0, 0.1) is 0 Å². The number of hydrogen-bond acceptors (Lipinski definition) is 5. The average molecular weight is 606 g/mol. The highest BCUT2D eigenvalue weighted by Gasteiger charge is 2.43. The number of amides is 2. The predicted octanol–water partition coefficient (Wildman–Crippen LogP) is 8.50. The zero-order valence-corrected chi connectivity index (χ0v) is 25.6. The first-order valence-electron chi connectivity index (χ1n) is 14.6. The van der Waals surface area contributed by atoms with E-state index in [0.717, 1.165) is 19.3 Å². The lowest BCUT2D eigenvalue weighted by Gasteiger charge is -2.20. The van der Waals surface area contributed by atoms with Crippen molar-refractivity contribution in [2.75, 3.05) is 17.2 Å². The van der Waals surface area contributed by atoms with Crippen LogP contribution in [0.1, 0.15) is 112 Å². The highest BCUT2D eigenvalue weighted by molar-refractivity contribution is 6.70. The molecule has 7 nitrogen and oxygen atoms in total. The second kappa shape index (κ2) is 18.5. The Morgan fingerprint density at radius 3 is 2.05 bits per heavy atom. The Kier molecular flexibility index (Phi) is 15.5. The maximum Gasteiger partial charge on any atom is 0.338 e. The first-order valence-corrected chi connectivity index (χ1v) is 15.4. The van der Waals surface area contributed by atoms with E-state index in [-0.39, 0.29) is 34.8 Å². The third-order valence-electron chi connectivity index (χ3n) is 6.58. The van der Waals surface area contributed by atoms with E-state index in [0.29, 0.717) is 13.0 Å². The van der Waals surface area contributed by atoms with Gasteiger partial charge in [-0.15, -0.1) is 0 Å². The van der Waals surface area contributed by atoms with Crippen molar-refractivity contribution in [2.45, 2.75) is 95.2 Å². The van der Waals surface area contributed by atoms with Gasteiger partial charge in [0.2, 0.25) is 11.7 Å². The molecule has 2 aromatic rings. The summed E-state index contributed by atoms with van der Waals surface area (Å²) in [5, 5.41) is 5.16. The van der Waals surface area contributed by atoms with Crippen molar-refractivity contribution in [3.8, 4) is 0 Å². The van der Waals surface area contributed by atoms with E-state index >= 15 is 0 Å². The molecule has 41 heavy (non-hydrogen) atoms. The molecule has 2 aromatic carbocycles. The molecule has 0 aliphatic heterocycles. The van der Waals surface area contributed by atoms with E-state index in [1.54, 1.807) is 30.3 Å². The van der Waals surface area contributed by atoms with Crippen molar-refractivity contribution < 1.29 is 23.9 Å². The fraction of sp³-hybridized carbons (Fsp3) is 0.500. The van der Waals surface area contributed by atoms with Crippen LogP contribution in [-0.4, -0.2) is 34.5 Å². The molecule has 0 bridgehead atoms. The molecule has 0 atom stereocenters. The summed E-state index contributed by atoms with van der Waals surface area (Å²) in [6, 6.07) is 12.3. The van der Waals surface area contributed by atoms with E-state index in [1.165, 1.54) is 63.1 Å². The number of ketones is 1. The Morgan fingerprint density at radius 1 is 0.756 bits per heavy atom. The van der Waals surface area contributed by atoms with Crippen LogP contribution in [0.3, 0.4) is 0 Å². The summed E-state index contributed by atoms with van der Waals surface area (Å²) in [6.45, 7) is 4.40. The number of carbonyl (C=O) groups excluding carboxylic acids is 4. The van der Waals surface area contributed by atoms with Gasteiger partial charge in [-0.05, 0) is 43.2 Å². The van der Waals surface area contributed by atoms with Gasteiger partial charge in [-0.25, -0.2) is 4.79 Å². The number of ether oxygens (including phenoxy) is 1. The number of alkyl halides is 2. The molecule has 0 aromatic heterocycles. The van der Waals surface area contributed by atoms with Crippen LogP contribution >= 0.6 is 23.2 Å². The normalized spacial score (nSPS) is 11.1. The molecular weight excluding hydrogens is 563 g/mol. The molecule has 0 aliphatic rings. The Balaban J connectivity index is 1.87. The van der Waals surface area contributed by atoms with Crippen LogP contribution in [0.15, 0.2) is 48.5 Å². The molecule has 0 aliphatic carbocycles. The standard InChI is InChI=1S/C32H42Cl2N2O5/c1-3-5-6-7-8-9-10-11-12-15-22-41-30(39)24-18-16-19-25(23-24)35-31(40)32(33,34)29(38)26-20-13-14-21-27(26)36-28(37)17-4-2/h13-14,16,18-21,23H,3-12,15,17,22H2,1-2H3,(H,35,40)(H,36,37). The van der Waals surface area contributed by atoms with Crippen LogP contribution < -0.4 is 10.6 Å². The summed E-state index contributed by atoms with van der Waals surface area (Å²) >= 11 is 12.5. The molecule has 0 unspecified atom stereocenters. The number of unbranched alkanes of at least 4 members (excludes halogenated alkanes) is 9. The quantitative estimate of drug-likeness (QED) is 0.0550. The van der Waals surface area contributed by atoms with E-state index in [1.807, 2.05) is 6.92 Å². The van der Waals surface area contributed by atoms with Crippen molar-refractivity contribution in [1.29, 1.82) is 0 Å². The minimum Gasteiger partial charge on any atom is -0.462 e. The van der Waals surface area contributed by atoms with Crippen molar-refractivity contribution in [2.24, 2.45) is 0 Å². The van der Waals surface area contributed by atoms with Crippen LogP contribution in [-0.2, 0) is 14.3 Å². The highest BCUT2D eigenvalue weighted by Crippen LogP contribution is 2.31. The summed E-state index contributed by atoms with van der Waals surface area (Å²) < 4.78 is 2.90. The molecule has 0 saturated carbocycles. The summed E-state index contributed by atoms with van der Waals surface area (Å²) in [5.41, 5.74) is 0.689. The number of para-hydroxylation sites is 1. The molecule has 9 heteroatoms. The molecule has 0 spiro atoms. The molecule has 0 radical (unpaired) electrons. The van der Waals surface area contributed by atoms with E-state index < -0.39 is 22.0 Å². The third-order valence-corrected chi connectivity index (χ3v) is 7.27. The van der Waals surface area contributed by atoms with Crippen LogP contribution in [0.4, 0.5) is 11.4 Å². The van der Waals surface area contributed by atoms with Gasteiger partial charge in [-0.2, -0.15) is 0 Å². The highest BCUT2D eigenvalue weighted by atomic mass is 35.5. The maximum absolute atomic E-state index is 13.2. The van der Waals surface area contributed by atoms with Gasteiger partial charge in [0.25, 0.3) is 10.2 Å². The molecule has 2 amide bonds. The van der Waals surface area contributed by atoms with E-state index in [9.17, 15) is 19.2 Å². The minimum absolute atomic E-state index is 0.00130. The molecule has 224 valence electrons. The number of benzene rings is 2. The average Bonchev–Trinajstić information content (AvgIpc) is 2.96. The molecular formula is C32H42Cl2N2O5. The van der Waals surface area contributed by atoms with Crippen molar-refractivity contribution in [3.63, 3.8) is 0 Å². The van der Waals surface area contributed by atoms with Crippen LogP contribution in [0.2, 0.25) is 0 Å². The Hall–Kier alpha value is -2.90. The second-order valence-electron chi connectivity index (χ2n) is 10.1. The zero-order valence-electron chi connectivity index (χ0n) is 24.1. The SMILES string of the molecule is CCCCCCCCCCCCOC(=O)c1cccc(NC(=O)C(Cl)(Cl)C(=O)c2ccccc2NC(=O)CCC)c1. The zero-order chi connectivity index (χ0) is 30.1. The largest absolute Gasteiger partial charge is 0.462 e. The van der Waals surface area contributed by atoms with Gasteiger partial charge in [0, 0.05) is 17.7 Å². The predicted molar refractivity (Wildman–Crippen MR) is 166 cm³/mol. The second-order valence-corrected chi connectivity index (χ2v) is 11.4. The summed E-state index contributed by atoms with van der Waals surface area (Å²) in [7, 11) is 0. The molecule has 0 heterocycles. The Bertz CT molecular complexity index is 1150. The lowest BCUT2D eigenvalue weighted by molar-refractivity contribution is -0.116. The molecule has 2 N–H and O–H groups in total. The monoisotopic (exact) mass is 604 g/mol. The van der Waals surface area contributed by atoms with Crippen molar-refractivity contribution in [1.82, 2.24) is 0 Å². The van der Waals surface area contributed by atoms with Gasteiger partial charge < -0.3 is 15.4 Å². The van der Waals surface area contributed by atoms with Crippen molar-refractivity contribution >= 4 is 58.1 Å². The van der Waals surface area contributed by atoms with Gasteiger partial charge in [-0.1, -0.05) is 113 Å². The fourth-order valence-corrected chi connectivity index (χ4v) is 4.57. The van der Waals surface area contributed by atoms with Gasteiger partial charge in [0.15, 0.2) is 0 Å². The van der Waals surface area contributed by atoms with Gasteiger partial charge in [0.1, 0.15) is 0 Å². The summed E-state index contributed by atoms with van der Waals surface area (Å²) in [5.74, 6) is -2.66. The van der Waals surface area contributed by atoms with Crippen LogP contribution in [0.5, 0.6) is 0 Å². The number of hydrogen-bond donors (Lipinski definition) is 2. The Morgan fingerprint density at radius 2 is 1.39 bits per heavy atom. The smallest absolute Gasteiger partial charge is 0.338 e. The first-order chi connectivity index (χ1) is 19.7. The minimum atomic E-state index is -2.49. The van der Waals surface area contributed by atoms with E-state index in [2.05, 4.69) is 17.6 Å². The van der Waals surface area contributed by atoms with Gasteiger partial charge >= 0.3 is 5.97 Å². The number of halogens is 2. The number of esters is 1. The van der Waals surface area contributed by atoms with Gasteiger partial charge in [-0.3, -0.25) is 14.4 Å². The lowest BCUT2D eigenvalue weighted by Crippen LogP contribution is -2.40. The van der Waals surface area contributed by atoms with E-state index in [4.69, 9.17) is 27.9 Å². The molecule has 2 rings (SSSR count). The number of anilines is 2. The number of carbonyl (C=O) groups is 4. The number of rotatable bonds is 19. The van der Waals surface area contributed by atoms with Crippen molar-refractivity contribution in [3.05, 3.63) is 59.7 Å². The first kappa shape index (κ1) is 34.3. The summed E-state index contributed by atoms with van der Waals surface area (Å²) in [4.78, 5) is 50.7. The van der Waals surface area contributed by atoms with Crippen LogP contribution in [0.25, 0.3) is 0 Å². The topological polar surface area (TPSA) is 102 Å². The maximum atomic E-state index is 13.2. The lowest BCUT2D eigenvalue weighted by atomic mass is 10.0. The Labute approximate surface area is 253 Å². The third kappa shape index (κ3) is 11.9. The molecule has 0 fully saturated rings. The number of nitrogens with one attached hydrogen (secondary N) is 2. The number of Topliss-reactive ketones (excluding diaryl/α,β-unsaturated/α-hetero) is 1. The summed E-state index contributed by atoms with van der Waals surface area (Å²) in [6.07, 6.45) is 12.8. The van der Waals surface area contributed by atoms with Gasteiger partial charge in [0.05, 0.1) is 17.9 Å².